The smallest absolute Gasteiger partial charge is 0.326 e. The number of aliphatic carboxylic acids is 2. The van der Waals surface area contributed by atoms with Crippen molar-refractivity contribution in [3.63, 3.8) is 0 Å². The molecule has 54 heavy (non-hydrogen) atoms. The van der Waals surface area contributed by atoms with Crippen molar-refractivity contribution in [2.75, 3.05) is 26.2 Å². The molecule has 0 aromatic rings. The first-order chi connectivity index (χ1) is 25.4. The van der Waals surface area contributed by atoms with Crippen molar-refractivity contribution in [2.24, 2.45) is 44.4 Å². The average Bonchev–Trinajstić information content (AvgIpc) is 3.79. The highest BCUT2D eigenvalue weighted by molar-refractivity contribution is 5.98. The number of nitrogens with two attached hydrogens (primary N) is 6. The summed E-state index contributed by atoms with van der Waals surface area (Å²) >= 11 is 0. The summed E-state index contributed by atoms with van der Waals surface area (Å²) in [5.41, 5.74) is 32.4. The van der Waals surface area contributed by atoms with E-state index < -0.39 is 90.1 Å². The normalized spacial score (nSPS) is 18.7. The largest absolute Gasteiger partial charge is 0.481 e. The van der Waals surface area contributed by atoms with Gasteiger partial charge >= 0.3 is 11.9 Å². The van der Waals surface area contributed by atoms with Gasteiger partial charge in [-0.15, -0.1) is 0 Å². The van der Waals surface area contributed by atoms with Gasteiger partial charge in [0.25, 0.3) is 0 Å². The lowest BCUT2D eigenvalue weighted by molar-refractivity contribution is -0.148. The Morgan fingerprint density at radius 2 is 1.13 bits per heavy atom. The van der Waals surface area contributed by atoms with Crippen LogP contribution in [0.1, 0.15) is 70.6 Å². The molecule has 0 spiro atoms. The molecule has 302 valence electrons. The van der Waals surface area contributed by atoms with Gasteiger partial charge in [-0.25, -0.2) is 4.79 Å². The summed E-state index contributed by atoms with van der Waals surface area (Å²) in [6.07, 6.45) is 0.373. The number of primary amides is 1. The molecule has 2 heterocycles. The van der Waals surface area contributed by atoms with Crippen molar-refractivity contribution in [1.82, 2.24) is 25.8 Å². The molecule has 0 radical (unpaired) electrons. The van der Waals surface area contributed by atoms with Crippen LogP contribution in [0.4, 0.5) is 0 Å². The molecule has 0 saturated carbocycles. The molecule has 6 atom stereocenters. The summed E-state index contributed by atoms with van der Waals surface area (Å²) in [5, 5.41) is 26.7. The van der Waals surface area contributed by atoms with E-state index in [4.69, 9.17) is 34.4 Å². The molecule has 2 fully saturated rings. The third-order valence-corrected chi connectivity index (χ3v) is 8.83. The van der Waals surface area contributed by atoms with Crippen molar-refractivity contribution in [2.45, 2.75) is 107 Å². The molecule has 23 nitrogen and oxygen atoms in total. The van der Waals surface area contributed by atoms with Crippen LogP contribution in [0.2, 0.25) is 0 Å². The predicted molar refractivity (Wildman–Crippen MR) is 191 cm³/mol. The standard InChI is InChI=1S/C31H53N13O10/c32-16(9-10-22(33)45)24(48)40-17(5-1-11-38-30(34)35)27(51)43-13-3-8-21(43)26(50)42-19(15-23(46)47)28(52)44-14-4-7-20(44)25(49)41-18(29(53)54)6-2-12-39-31(36)37/h16-21H,1-15,32H2,(H2,33,45)(H,40,48)(H,41,49)(H,42,50)(H,46,47)(H,53,54)(H4,34,35,38)(H4,36,37,39). The SMILES string of the molecule is NC(=O)CCC(N)C(=O)NC(CCCN=C(N)N)C(=O)N1CCCC1C(=O)NC(CC(=O)O)C(=O)N1CCCC1C(=O)NC(CCCN=C(N)N)C(=O)O. The number of likely N-dealkylation sites (tertiary alicyclic amines) is 2. The zero-order valence-electron chi connectivity index (χ0n) is 30.0. The molecule has 0 aromatic heterocycles. The summed E-state index contributed by atoms with van der Waals surface area (Å²) in [6.45, 7) is 0.359. The van der Waals surface area contributed by atoms with E-state index in [2.05, 4.69) is 25.9 Å². The zero-order chi connectivity index (χ0) is 40.5. The van der Waals surface area contributed by atoms with Gasteiger partial charge in [0.15, 0.2) is 11.9 Å². The molecule has 6 amide bonds. The van der Waals surface area contributed by atoms with E-state index in [9.17, 15) is 48.6 Å². The van der Waals surface area contributed by atoms with Crippen molar-refractivity contribution >= 4 is 59.3 Å². The molecule has 2 aliphatic rings. The molecular weight excluding hydrogens is 714 g/mol. The van der Waals surface area contributed by atoms with E-state index in [-0.39, 0.29) is 89.5 Å². The van der Waals surface area contributed by atoms with Gasteiger partial charge < -0.3 is 70.4 Å². The Balaban J connectivity index is 2.21. The Hall–Kier alpha value is -5.74. The fourth-order valence-electron chi connectivity index (χ4n) is 6.15. The number of carboxylic acids is 2. The minimum Gasteiger partial charge on any atom is -0.481 e. The number of nitrogens with zero attached hydrogens (tertiary/aromatic N) is 4. The van der Waals surface area contributed by atoms with Crippen LogP contribution in [0.3, 0.4) is 0 Å². The fraction of sp³-hybridized carbons (Fsp3) is 0.677. The third-order valence-electron chi connectivity index (χ3n) is 8.83. The van der Waals surface area contributed by atoms with E-state index >= 15 is 0 Å². The van der Waals surface area contributed by atoms with E-state index in [1.807, 2.05) is 0 Å². The Morgan fingerprint density at radius 1 is 0.667 bits per heavy atom. The first kappa shape index (κ1) is 44.4. The van der Waals surface area contributed by atoms with E-state index in [1.165, 1.54) is 4.90 Å². The second-order valence-electron chi connectivity index (χ2n) is 13.0. The highest BCUT2D eigenvalue weighted by Gasteiger charge is 2.42. The van der Waals surface area contributed by atoms with Gasteiger partial charge in [0.1, 0.15) is 30.2 Å². The number of carbonyl (C=O) groups is 8. The monoisotopic (exact) mass is 767 g/mol. The minimum atomic E-state index is -1.64. The number of rotatable bonds is 22. The van der Waals surface area contributed by atoms with Gasteiger partial charge in [0.2, 0.25) is 35.4 Å². The lowest BCUT2D eigenvalue weighted by Crippen LogP contribution is -2.59. The maximum Gasteiger partial charge on any atom is 0.326 e. The predicted octanol–water partition coefficient (Wildman–Crippen LogP) is -5.32. The van der Waals surface area contributed by atoms with Crippen LogP contribution in [-0.4, -0.2) is 142 Å². The van der Waals surface area contributed by atoms with Crippen LogP contribution in [-0.2, 0) is 38.4 Å². The highest BCUT2D eigenvalue weighted by Crippen LogP contribution is 2.23. The van der Waals surface area contributed by atoms with Crippen LogP contribution >= 0.6 is 0 Å². The van der Waals surface area contributed by atoms with Crippen molar-refractivity contribution in [3.05, 3.63) is 0 Å². The van der Waals surface area contributed by atoms with E-state index in [0.29, 0.717) is 12.8 Å². The quantitative estimate of drug-likeness (QED) is 0.0278. The molecule has 0 bridgehead atoms. The Morgan fingerprint density at radius 3 is 1.57 bits per heavy atom. The van der Waals surface area contributed by atoms with E-state index in [1.54, 1.807) is 0 Å². The summed E-state index contributed by atoms with van der Waals surface area (Å²) in [6, 6.07) is -7.64. The van der Waals surface area contributed by atoms with Gasteiger partial charge in [0.05, 0.1) is 12.5 Å². The lowest BCUT2D eigenvalue weighted by Gasteiger charge is -2.32. The van der Waals surface area contributed by atoms with Gasteiger partial charge in [-0.1, -0.05) is 0 Å². The summed E-state index contributed by atoms with van der Waals surface area (Å²) in [4.78, 5) is 112. The molecule has 2 rings (SSSR count). The number of hydrogen-bond acceptors (Lipinski definition) is 11. The van der Waals surface area contributed by atoms with Gasteiger partial charge in [-0.2, -0.15) is 0 Å². The summed E-state index contributed by atoms with van der Waals surface area (Å²) in [7, 11) is 0. The minimum absolute atomic E-state index is 0.0181. The third kappa shape index (κ3) is 14.4. The van der Waals surface area contributed by atoms with Gasteiger partial charge in [-0.05, 0) is 57.8 Å². The highest BCUT2D eigenvalue weighted by atomic mass is 16.4. The number of hydrogen-bond donors (Lipinski definition) is 11. The van der Waals surface area contributed by atoms with Crippen LogP contribution < -0.4 is 50.4 Å². The van der Waals surface area contributed by atoms with Crippen molar-refractivity contribution in [3.8, 4) is 0 Å². The van der Waals surface area contributed by atoms with Crippen LogP contribution in [0.25, 0.3) is 0 Å². The molecule has 17 N–H and O–H groups in total. The second-order valence-corrected chi connectivity index (χ2v) is 13.0. The lowest BCUT2D eigenvalue weighted by atomic mass is 10.1. The topological polar surface area (TPSA) is 400 Å². The maximum atomic E-state index is 13.8. The van der Waals surface area contributed by atoms with Gasteiger partial charge in [-0.3, -0.25) is 43.5 Å². The molecule has 0 aromatic carbocycles. The van der Waals surface area contributed by atoms with Crippen LogP contribution in [0, 0.1) is 0 Å². The molecule has 0 aliphatic carbocycles. The average molecular weight is 768 g/mol. The van der Waals surface area contributed by atoms with Crippen LogP contribution in [0.5, 0.6) is 0 Å². The zero-order valence-corrected chi connectivity index (χ0v) is 30.0. The van der Waals surface area contributed by atoms with Crippen molar-refractivity contribution < 1.29 is 48.6 Å². The van der Waals surface area contributed by atoms with Crippen molar-refractivity contribution in [1.29, 1.82) is 0 Å². The summed E-state index contributed by atoms with van der Waals surface area (Å²) < 4.78 is 0. The first-order valence-corrected chi connectivity index (χ1v) is 17.5. The summed E-state index contributed by atoms with van der Waals surface area (Å²) in [5.74, 6) is -7.67. The number of nitrogens with one attached hydrogen (secondary N) is 3. The molecular formula is C31H53N13O10. The number of carboxylic acid groups (broad SMARTS) is 2. The first-order valence-electron chi connectivity index (χ1n) is 17.5. The van der Waals surface area contributed by atoms with E-state index in [0.717, 1.165) is 4.90 Å². The maximum absolute atomic E-state index is 13.8. The second kappa shape index (κ2) is 21.7. The Labute approximate surface area is 311 Å². The molecule has 6 unspecified atom stereocenters. The number of guanidine groups is 2. The molecule has 2 aliphatic heterocycles. The number of amides is 6. The molecule has 23 heteroatoms. The molecule has 2 saturated heterocycles. The fourth-order valence-corrected chi connectivity index (χ4v) is 6.15. The Kier molecular flexibility index (Phi) is 17.9. The number of carbonyl (C=O) groups excluding carboxylic acids is 6. The van der Waals surface area contributed by atoms with Gasteiger partial charge in [0, 0.05) is 32.6 Å². The van der Waals surface area contributed by atoms with Crippen LogP contribution in [0.15, 0.2) is 9.98 Å². The Bertz CT molecular complexity index is 1450. The number of aliphatic imine (C=N–C) groups is 2.